The average Bonchev–Trinajstić information content (AvgIpc) is 3.66. The number of amides is 1. The van der Waals surface area contributed by atoms with E-state index >= 15 is 0 Å². The van der Waals surface area contributed by atoms with Gasteiger partial charge in [-0.05, 0) is 68.1 Å². The van der Waals surface area contributed by atoms with E-state index in [9.17, 15) is 14.0 Å². The summed E-state index contributed by atoms with van der Waals surface area (Å²) in [4.78, 5) is 26.6. The van der Waals surface area contributed by atoms with Crippen LogP contribution in [0.3, 0.4) is 0 Å². The number of fused-ring (bicyclic) bond motifs is 1. The molecule has 0 bridgehead atoms. The number of pyridine rings is 1. The molecule has 3 aromatic rings. The molecule has 4 N–H and O–H groups in total. The number of nitrogens with zero attached hydrogens (tertiary/aromatic N) is 1. The first kappa shape index (κ1) is 23.3. The van der Waals surface area contributed by atoms with E-state index in [0.717, 1.165) is 29.7 Å². The Morgan fingerprint density at radius 3 is 2.74 bits per heavy atom. The van der Waals surface area contributed by atoms with Crippen molar-refractivity contribution in [1.82, 2.24) is 14.6 Å². The molecule has 5 rings (SSSR count). The second-order valence-electron chi connectivity index (χ2n) is 8.84. The first-order valence-corrected chi connectivity index (χ1v) is 12.2. The van der Waals surface area contributed by atoms with Gasteiger partial charge in [0.15, 0.2) is 5.75 Å². The number of rotatable bonds is 6. The normalized spacial score (nSPS) is 14.6. The Bertz CT molecular complexity index is 1390. The minimum atomic E-state index is -0.485. The maximum atomic E-state index is 14.7. The van der Waals surface area contributed by atoms with Crippen LogP contribution in [0.25, 0.3) is 0 Å². The molecule has 35 heavy (non-hydrogen) atoms. The Kier molecular flexibility index (Phi) is 6.16. The summed E-state index contributed by atoms with van der Waals surface area (Å²) in [5, 5.41) is 5.96. The zero-order chi connectivity index (χ0) is 24.7. The number of hydrogen-bond donors (Lipinski definition) is 4. The first-order valence-electron chi connectivity index (χ1n) is 11.3. The van der Waals surface area contributed by atoms with E-state index in [1.54, 1.807) is 39.1 Å². The molecule has 0 radical (unpaired) electrons. The highest BCUT2D eigenvalue weighted by Crippen LogP contribution is 2.36. The molecule has 1 aromatic heterocycles. The summed E-state index contributed by atoms with van der Waals surface area (Å²) in [7, 11) is 1.55. The number of aromatic nitrogens is 1. The second-order valence-corrected chi connectivity index (χ2v) is 9.54. The minimum Gasteiger partial charge on any atom is -0.456 e. The fourth-order valence-corrected chi connectivity index (χ4v) is 4.54. The number of ether oxygens (including phenoxy) is 1. The summed E-state index contributed by atoms with van der Waals surface area (Å²) in [6.45, 7) is 4.05. The molecular formula is C25H26FN5O3S. The largest absolute Gasteiger partial charge is 0.456 e. The number of carbonyl (C=O) groups excluding carboxylic acids is 1. The molecule has 0 saturated heterocycles. The average molecular weight is 496 g/mol. The maximum Gasteiger partial charge on any atom is 0.259 e. The van der Waals surface area contributed by atoms with Crippen LogP contribution >= 0.6 is 12.1 Å². The van der Waals surface area contributed by atoms with Crippen molar-refractivity contribution in [3.05, 3.63) is 74.8 Å². The standard InChI is InChI=1S/C25H26FN5O3S/c1-13-4-8-20(18(26)10-13)29-23-21(24(32)28-16-5-6-16)22(14(2)25(33)31(23)3)34-17-7-9-19-15(11-17)12-27-35-30-19/h4,7-11,16,27,29-30H,5-6,12H2,1-3H3,(H,28,32). The van der Waals surface area contributed by atoms with Crippen LogP contribution in [0.5, 0.6) is 11.5 Å². The van der Waals surface area contributed by atoms with Gasteiger partial charge in [-0.2, -0.15) is 0 Å². The Morgan fingerprint density at radius 2 is 2.00 bits per heavy atom. The van der Waals surface area contributed by atoms with Gasteiger partial charge in [-0.25, -0.2) is 9.11 Å². The predicted molar refractivity (Wildman–Crippen MR) is 136 cm³/mol. The van der Waals surface area contributed by atoms with Crippen molar-refractivity contribution < 1.29 is 13.9 Å². The van der Waals surface area contributed by atoms with Gasteiger partial charge in [0.1, 0.15) is 22.9 Å². The van der Waals surface area contributed by atoms with Gasteiger partial charge in [0, 0.05) is 37.5 Å². The third kappa shape index (κ3) is 4.71. The number of hydrogen-bond acceptors (Lipinski definition) is 7. The van der Waals surface area contributed by atoms with Gasteiger partial charge in [-0.3, -0.25) is 14.2 Å². The molecular weight excluding hydrogens is 469 g/mol. The summed E-state index contributed by atoms with van der Waals surface area (Å²) in [5.74, 6) is -0.0689. The lowest BCUT2D eigenvalue weighted by Gasteiger charge is -2.22. The molecule has 1 saturated carbocycles. The maximum absolute atomic E-state index is 14.7. The van der Waals surface area contributed by atoms with Crippen LogP contribution in [0.15, 0.2) is 41.2 Å². The van der Waals surface area contributed by atoms with Gasteiger partial charge in [0.05, 0.1) is 11.3 Å². The fourth-order valence-electron chi connectivity index (χ4n) is 3.93. The summed E-state index contributed by atoms with van der Waals surface area (Å²) in [6.07, 6.45) is 1.79. The van der Waals surface area contributed by atoms with Crippen molar-refractivity contribution in [3.63, 3.8) is 0 Å². The molecule has 0 unspecified atom stereocenters. The molecule has 1 aliphatic carbocycles. The smallest absolute Gasteiger partial charge is 0.259 e. The van der Waals surface area contributed by atoms with E-state index in [1.165, 1.54) is 22.8 Å². The summed E-state index contributed by atoms with van der Waals surface area (Å²) < 4.78 is 28.6. The quantitative estimate of drug-likeness (QED) is 0.370. The van der Waals surface area contributed by atoms with E-state index < -0.39 is 5.82 Å². The molecule has 10 heteroatoms. The second kappa shape index (κ2) is 9.27. The van der Waals surface area contributed by atoms with Crippen molar-refractivity contribution in [2.45, 2.75) is 39.3 Å². The zero-order valence-electron chi connectivity index (χ0n) is 19.6. The molecule has 2 aromatic carbocycles. The molecule has 182 valence electrons. The van der Waals surface area contributed by atoms with Gasteiger partial charge in [0.2, 0.25) is 0 Å². The van der Waals surface area contributed by atoms with Crippen LogP contribution in [0.1, 0.15) is 39.9 Å². The molecule has 1 amide bonds. The van der Waals surface area contributed by atoms with Gasteiger partial charge in [-0.15, -0.1) is 0 Å². The third-order valence-electron chi connectivity index (χ3n) is 6.07. The Hall–Kier alpha value is -3.50. The van der Waals surface area contributed by atoms with Crippen LogP contribution in [-0.4, -0.2) is 16.5 Å². The van der Waals surface area contributed by atoms with Crippen LogP contribution in [0.2, 0.25) is 0 Å². The van der Waals surface area contributed by atoms with Crippen LogP contribution < -0.4 is 30.4 Å². The van der Waals surface area contributed by atoms with E-state index in [4.69, 9.17) is 4.74 Å². The number of halogens is 1. The van der Waals surface area contributed by atoms with Gasteiger partial charge < -0.3 is 20.1 Å². The van der Waals surface area contributed by atoms with Crippen LogP contribution in [0.4, 0.5) is 21.6 Å². The Morgan fingerprint density at radius 1 is 1.20 bits per heavy atom. The minimum absolute atomic E-state index is 0.0789. The van der Waals surface area contributed by atoms with E-state index in [2.05, 4.69) is 20.1 Å². The van der Waals surface area contributed by atoms with Crippen molar-refractivity contribution in [2.24, 2.45) is 7.05 Å². The van der Waals surface area contributed by atoms with Crippen molar-refractivity contribution >= 4 is 35.2 Å². The number of benzene rings is 2. The lowest BCUT2D eigenvalue weighted by molar-refractivity contribution is 0.0948. The van der Waals surface area contributed by atoms with E-state index in [-0.39, 0.29) is 45.9 Å². The Balaban J connectivity index is 1.63. The molecule has 0 atom stereocenters. The van der Waals surface area contributed by atoms with E-state index in [0.29, 0.717) is 12.3 Å². The molecule has 2 aliphatic rings. The highest BCUT2D eigenvalue weighted by molar-refractivity contribution is 7.98. The van der Waals surface area contributed by atoms with Crippen LogP contribution in [-0.2, 0) is 13.6 Å². The molecule has 1 aliphatic heterocycles. The molecule has 2 heterocycles. The zero-order valence-corrected chi connectivity index (χ0v) is 20.4. The van der Waals surface area contributed by atoms with E-state index in [1.807, 2.05) is 12.1 Å². The topological polar surface area (TPSA) is 96.4 Å². The summed E-state index contributed by atoms with van der Waals surface area (Å²) in [6, 6.07) is 10.3. The van der Waals surface area contributed by atoms with Gasteiger partial charge in [0.25, 0.3) is 11.5 Å². The van der Waals surface area contributed by atoms with Gasteiger partial charge in [-0.1, -0.05) is 6.07 Å². The monoisotopic (exact) mass is 495 g/mol. The molecule has 8 nitrogen and oxygen atoms in total. The first-order chi connectivity index (χ1) is 16.8. The lowest BCUT2D eigenvalue weighted by Crippen LogP contribution is -2.31. The van der Waals surface area contributed by atoms with Crippen molar-refractivity contribution in [2.75, 3.05) is 10.0 Å². The molecule has 1 fully saturated rings. The third-order valence-corrected chi connectivity index (χ3v) is 6.69. The number of nitrogens with one attached hydrogen (secondary N) is 4. The molecule has 0 spiro atoms. The van der Waals surface area contributed by atoms with Gasteiger partial charge >= 0.3 is 0 Å². The lowest BCUT2D eigenvalue weighted by atomic mass is 10.1. The highest BCUT2D eigenvalue weighted by Gasteiger charge is 2.30. The predicted octanol–water partition coefficient (Wildman–Crippen LogP) is 4.65. The summed E-state index contributed by atoms with van der Waals surface area (Å²) in [5.41, 5.74) is 2.96. The fraction of sp³-hybridized carbons (Fsp3) is 0.280. The highest BCUT2D eigenvalue weighted by atomic mass is 32.2. The van der Waals surface area contributed by atoms with Crippen molar-refractivity contribution in [3.8, 4) is 11.5 Å². The number of anilines is 3. The number of aryl methyl sites for hydroxylation is 1. The van der Waals surface area contributed by atoms with Crippen LogP contribution in [0, 0.1) is 19.7 Å². The summed E-state index contributed by atoms with van der Waals surface area (Å²) >= 11 is 1.40. The van der Waals surface area contributed by atoms with Crippen molar-refractivity contribution in [1.29, 1.82) is 0 Å². The SMILES string of the molecule is Cc1ccc(Nc2c(C(=O)NC3CC3)c(Oc3ccc4c(c3)CNSN4)c(C)c(=O)n2C)c(F)c1. The Labute approximate surface area is 206 Å². The number of carbonyl (C=O) groups is 1.